The van der Waals surface area contributed by atoms with Gasteiger partial charge in [-0.15, -0.1) is 0 Å². The minimum absolute atomic E-state index is 0.0551. The Balaban J connectivity index is 1.32. The maximum atomic E-state index is 13.3. The molecule has 0 atom stereocenters. The Labute approximate surface area is 236 Å². The summed E-state index contributed by atoms with van der Waals surface area (Å²) in [6.07, 6.45) is 0.553. The molecule has 2 heterocycles. The van der Waals surface area contributed by atoms with Crippen molar-refractivity contribution in [2.24, 2.45) is 0 Å². The molecule has 0 spiro atoms. The highest BCUT2D eigenvalue weighted by Crippen LogP contribution is 2.26. The van der Waals surface area contributed by atoms with Crippen LogP contribution in [0.25, 0.3) is 16.6 Å². The second-order valence-corrected chi connectivity index (χ2v) is 9.63. The number of nitrogens with zero attached hydrogens (tertiary/aromatic N) is 4. The molecule has 0 bridgehead atoms. The molecule has 0 unspecified atom stereocenters. The van der Waals surface area contributed by atoms with Gasteiger partial charge in [0.05, 0.1) is 11.2 Å². The van der Waals surface area contributed by atoms with E-state index in [0.29, 0.717) is 47.3 Å². The summed E-state index contributed by atoms with van der Waals surface area (Å²) in [5, 5.41) is 22.2. The Morgan fingerprint density at radius 1 is 0.950 bits per heavy atom. The number of benzene rings is 3. The average molecular weight is 549 g/mol. The molecular weight excluding hydrogens is 524 g/mol. The first-order valence-electron chi connectivity index (χ1n) is 12.7. The molecule has 198 valence electrons. The zero-order valence-electron chi connectivity index (χ0n) is 21.7. The Morgan fingerprint density at radius 2 is 1.70 bits per heavy atom. The van der Waals surface area contributed by atoms with Gasteiger partial charge < -0.3 is 10.6 Å². The summed E-state index contributed by atoms with van der Waals surface area (Å²) in [4.78, 5) is 30.4. The lowest BCUT2D eigenvalue weighted by atomic mass is 10.0. The zero-order valence-corrected chi connectivity index (χ0v) is 22.4. The topological polar surface area (TPSA) is 113 Å². The maximum absolute atomic E-state index is 13.3. The van der Waals surface area contributed by atoms with Crippen molar-refractivity contribution in [2.45, 2.75) is 13.3 Å². The lowest BCUT2D eigenvalue weighted by Gasteiger charge is -2.11. The largest absolute Gasteiger partial charge is 0.369 e. The molecule has 5 aromatic rings. The lowest BCUT2D eigenvalue weighted by molar-refractivity contribution is 0.0948. The predicted octanol–water partition coefficient (Wildman–Crippen LogP) is 5.72. The summed E-state index contributed by atoms with van der Waals surface area (Å²) in [6, 6.07) is 27.4. The van der Waals surface area contributed by atoms with Crippen molar-refractivity contribution in [2.75, 3.05) is 18.4 Å². The van der Waals surface area contributed by atoms with Crippen molar-refractivity contribution in [3.8, 4) is 11.8 Å². The number of hydrogen-bond donors (Lipinski definition) is 2. The Hall–Kier alpha value is -5.00. The number of nitrogens with one attached hydrogen (secondary N) is 2. The second kappa shape index (κ2) is 11.8. The summed E-state index contributed by atoms with van der Waals surface area (Å²) >= 11 is 6.07. The van der Waals surface area contributed by atoms with Gasteiger partial charge in [-0.1, -0.05) is 65.7 Å². The van der Waals surface area contributed by atoms with Gasteiger partial charge in [0, 0.05) is 29.1 Å². The molecule has 9 heteroatoms. The molecule has 0 saturated carbocycles. The van der Waals surface area contributed by atoms with Gasteiger partial charge in [-0.25, -0.2) is 9.67 Å². The molecule has 40 heavy (non-hydrogen) atoms. The standard InChI is InChI=1S/C31H25ClN6O2/c1-20-7-9-22(10-8-20)29(39)28-25(19-33)30(38(37-28)24-14-12-23(32)13-15-24)34-17-4-18-35-31(40)27-16-11-21-5-2-3-6-26(21)36-27/h2-3,5-16,34H,4,17-18H2,1H3,(H,35,40). The van der Waals surface area contributed by atoms with E-state index in [2.05, 4.69) is 26.8 Å². The number of pyridine rings is 1. The number of ketones is 1. The number of halogens is 1. The molecule has 8 nitrogen and oxygen atoms in total. The van der Waals surface area contributed by atoms with Gasteiger partial charge in [-0.05, 0) is 49.7 Å². The van der Waals surface area contributed by atoms with Crippen LogP contribution in [0.5, 0.6) is 0 Å². The fourth-order valence-electron chi connectivity index (χ4n) is 4.24. The number of anilines is 1. The summed E-state index contributed by atoms with van der Waals surface area (Å²) in [5.74, 6) is -0.217. The van der Waals surface area contributed by atoms with Gasteiger partial charge in [-0.2, -0.15) is 10.4 Å². The van der Waals surface area contributed by atoms with Crippen molar-refractivity contribution in [1.82, 2.24) is 20.1 Å². The predicted molar refractivity (Wildman–Crippen MR) is 155 cm³/mol. The number of fused-ring (bicyclic) bond motifs is 1. The maximum Gasteiger partial charge on any atom is 0.269 e. The molecule has 2 aromatic heterocycles. The molecular formula is C31H25ClN6O2. The van der Waals surface area contributed by atoms with E-state index < -0.39 is 0 Å². The molecule has 2 N–H and O–H groups in total. The fourth-order valence-corrected chi connectivity index (χ4v) is 4.36. The van der Waals surface area contributed by atoms with E-state index in [1.807, 2.05) is 49.4 Å². The zero-order chi connectivity index (χ0) is 28.1. The van der Waals surface area contributed by atoms with Gasteiger partial charge in [0.1, 0.15) is 23.1 Å². The molecule has 0 radical (unpaired) electrons. The third-order valence-corrected chi connectivity index (χ3v) is 6.61. The molecule has 3 aromatic carbocycles. The first kappa shape index (κ1) is 26.6. The van der Waals surface area contributed by atoms with E-state index in [1.54, 1.807) is 42.5 Å². The third-order valence-electron chi connectivity index (χ3n) is 6.36. The fraction of sp³-hybridized carbons (Fsp3) is 0.129. The quantitative estimate of drug-likeness (QED) is 0.180. The number of aryl methyl sites for hydroxylation is 1. The molecule has 0 fully saturated rings. The summed E-state index contributed by atoms with van der Waals surface area (Å²) < 4.78 is 1.54. The van der Waals surface area contributed by atoms with Gasteiger partial charge >= 0.3 is 0 Å². The van der Waals surface area contributed by atoms with Crippen molar-refractivity contribution in [3.63, 3.8) is 0 Å². The van der Waals surface area contributed by atoms with E-state index in [1.165, 1.54) is 4.68 Å². The van der Waals surface area contributed by atoms with Gasteiger partial charge in [0.15, 0.2) is 5.69 Å². The van der Waals surface area contributed by atoms with Crippen LogP contribution in [0.4, 0.5) is 5.82 Å². The molecule has 0 aliphatic rings. The number of aromatic nitrogens is 3. The number of hydrogen-bond acceptors (Lipinski definition) is 6. The lowest BCUT2D eigenvalue weighted by Crippen LogP contribution is -2.26. The first-order valence-corrected chi connectivity index (χ1v) is 13.1. The minimum atomic E-state index is -0.345. The van der Waals surface area contributed by atoms with Crippen LogP contribution >= 0.6 is 11.6 Å². The van der Waals surface area contributed by atoms with Gasteiger partial charge in [0.25, 0.3) is 5.91 Å². The summed E-state index contributed by atoms with van der Waals surface area (Å²) in [5.41, 5.74) is 3.41. The number of carbonyl (C=O) groups excluding carboxylic acids is 2. The summed E-state index contributed by atoms with van der Waals surface area (Å²) in [6.45, 7) is 2.73. The van der Waals surface area contributed by atoms with Crippen LogP contribution in [-0.4, -0.2) is 39.5 Å². The SMILES string of the molecule is Cc1ccc(C(=O)c2nn(-c3ccc(Cl)cc3)c(NCCCNC(=O)c3ccc4ccccc4n3)c2C#N)cc1. The molecule has 5 rings (SSSR count). The number of nitriles is 1. The van der Waals surface area contributed by atoms with E-state index in [9.17, 15) is 14.9 Å². The molecule has 0 saturated heterocycles. The van der Waals surface area contributed by atoms with E-state index >= 15 is 0 Å². The Bertz CT molecular complexity index is 1740. The highest BCUT2D eigenvalue weighted by Gasteiger charge is 2.25. The first-order chi connectivity index (χ1) is 19.4. The summed E-state index contributed by atoms with van der Waals surface area (Å²) in [7, 11) is 0. The molecule has 0 aliphatic carbocycles. The third kappa shape index (κ3) is 5.70. The van der Waals surface area contributed by atoms with Crippen LogP contribution in [0.3, 0.4) is 0 Å². The Kier molecular flexibility index (Phi) is 7.85. The minimum Gasteiger partial charge on any atom is -0.369 e. The van der Waals surface area contributed by atoms with E-state index in [0.717, 1.165) is 16.5 Å². The van der Waals surface area contributed by atoms with Crippen LogP contribution in [0.2, 0.25) is 5.02 Å². The van der Waals surface area contributed by atoms with Crippen molar-refractivity contribution >= 4 is 40.0 Å². The number of amides is 1. The average Bonchev–Trinajstić information content (AvgIpc) is 3.35. The van der Waals surface area contributed by atoms with Crippen LogP contribution in [0.1, 0.15) is 44.1 Å². The van der Waals surface area contributed by atoms with Crippen LogP contribution in [0, 0.1) is 18.3 Å². The molecule has 0 aliphatic heterocycles. The number of para-hydroxylation sites is 1. The van der Waals surface area contributed by atoms with E-state index in [4.69, 9.17) is 11.6 Å². The van der Waals surface area contributed by atoms with Crippen molar-refractivity contribution < 1.29 is 9.59 Å². The highest BCUT2D eigenvalue weighted by atomic mass is 35.5. The van der Waals surface area contributed by atoms with Crippen molar-refractivity contribution in [3.05, 3.63) is 118 Å². The normalized spacial score (nSPS) is 10.7. The highest BCUT2D eigenvalue weighted by molar-refractivity contribution is 6.30. The van der Waals surface area contributed by atoms with Gasteiger partial charge in [0.2, 0.25) is 5.78 Å². The smallest absolute Gasteiger partial charge is 0.269 e. The van der Waals surface area contributed by atoms with Crippen LogP contribution in [-0.2, 0) is 0 Å². The van der Waals surface area contributed by atoms with Crippen molar-refractivity contribution in [1.29, 1.82) is 5.26 Å². The number of rotatable bonds is 9. The monoisotopic (exact) mass is 548 g/mol. The second-order valence-electron chi connectivity index (χ2n) is 9.19. The number of carbonyl (C=O) groups is 2. The van der Waals surface area contributed by atoms with Crippen LogP contribution in [0.15, 0.2) is 84.9 Å². The van der Waals surface area contributed by atoms with Crippen LogP contribution < -0.4 is 10.6 Å². The Morgan fingerprint density at radius 3 is 2.45 bits per heavy atom. The van der Waals surface area contributed by atoms with Gasteiger partial charge in [-0.3, -0.25) is 9.59 Å². The molecule has 1 amide bonds. The van der Waals surface area contributed by atoms with E-state index in [-0.39, 0.29) is 22.9 Å².